The van der Waals surface area contributed by atoms with Crippen molar-refractivity contribution in [2.75, 3.05) is 45.6 Å². The molecule has 2 heterocycles. The first-order valence-electron chi connectivity index (χ1n) is 13.1. The summed E-state index contributed by atoms with van der Waals surface area (Å²) >= 11 is 0. The third-order valence-electron chi connectivity index (χ3n) is 8.07. The van der Waals surface area contributed by atoms with Crippen molar-refractivity contribution in [2.45, 2.75) is 44.7 Å². The average Bonchev–Trinajstić information content (AvgIpc) is 3.54. The van der Waals surface area contributed by atoms with Crippen molar-refractivity contribution in [3.63, 3.8) is 0 Å². The third kappa shape index (κ3) is 5.60. The number of fused-ring (bicyclic) bond motifs is 1. The lowest BCUT2D eigenvalue weighted by molar-refractivity contribution is -0.138. The van der Waals surface area contributed by atoms with E-state index in [-0.39, 0.29) is 23.7 Å². The van der Waals surface area contributed by atoms with E-state index in [1.54, 1.807) is 0 Å². The summed E-state index contributed by atoms with van der Waals surface area (Å²) in [5.74, 6) is -0.111. The van der Waals surface area contributed by atoms with Crippen LogP contribution in [0.5, 0.6) is 0 Å². The van der Waals surface area contributed by atoms with Gasteiger partial charge < -0.3 is 15.1 Å². The number of anilines is 1. The molecule has 0 aromatic heterocycles. The average molecular weight is 475 g/mol. The summed E-state index contributed by atoms with van der Waals surface area (Å²) in [6, 6.07) is 17.1. The predicted molar refractivity (Wildman–Crippen MR) is 139 cm³/mol. The van der Waals surface area contributed by atoms with Crippen LogP contribution >= 0.6 is 0 Å². The van der Waals surface area contributed by atoms with E-state index >= 15 is 0 Å². The number of carbonyl (C=O) groups is 2. The van der Waals surface area contributed by atoms with Crippen LogP contribution < -0.4 is 5.32 Å². The highest BCUT2D eigenvalue weighted by Gasteiger charge is 2.39. The molecule has 2 aliphatic heterocycles. The van der Waals surface area contributed by atoms with Gasteiger partial charge in [0.25, 0.3) is 0 Å². The number of hydrogen-bond donors (Lipinski definition) is 1. The van der Waals surface area contributed by atoms with Crippen molar-refractivity contribution in [2.24, 2.45) is 11.8 Å². The second kappa shape index (κ2) is 10.5. The van der Waals surface area contributed by atoms with Crippen molar-refractivity contribution in [3.8, 4) is 0 Å². The van der Waals surface area contributed by atoms with Gasteiger partial charge in [-0.15, -0.1) is 0 Å². The molecule has 2 fully saturated rings. The van der Waals surface area contributed by atoms with E-state index in [9.17, 15) is 9.59 Å². The highest BCUT2D eigenvalue weighted by atomic mass is 16.2. The minimum atomic E-state index is -0.207. The Labute approximate surface area is 209 Å². The lowest BCUT2D eigenvalue weighted by Crippen LogP contribution is -2.49. The van der Waals surface area contributed by atoms with Crippen LogP contribution in [0, 0.1) is 11.8 Å². The number of hydrogen-bond acceptors (Lipinski definition) is 4. The summed E-state index contributed by atoms with van der Waals surface area (Å²) in [4.78, 5) is 33.5. The summed E-state index contributed by atoms with van der Waals surface area (Å²) < 4.78 is 0. The van der Waals surface area contributed by atoms with E-state index in [4.69, 9.17) is 0 Å². The fourth-order valence-electron chi connectivity index (χ4n) is 6.05. The zero-order valence-corrected chi connectivity index (χ0v) is 21.1. The van der Waals surface area contributed by atoms with Crippen LogP contribution in [0.3, 0.4) is 0 Å². The van der Waals surface area contributed by atoms with Crippen molar-refractivity contribution >= 4 is 17.5 Å². The van der Waals surface area contributed by atoms with Crippen LogP contribution in [0.1, 0.15) is 36.0 Å². The summed E-state index contributed by atoms with van der Waals surface area (Å²) in [6.45, 7) is 3.73. The van der Waals surface area contributed by atoms with E-state index in [1.807, 2.05) is 29.2 Å². The molecule has 6 nitrogen and oxygen atoms in total. The molecule has 3 atom stereocenters. The molecule has 2 saturated heterocycles. The van der Waals surface area contributed by atoms with Gasteiger partial charge in [0.15, 0.2) is 0 Å². The fourth-order valence-corrected chi connectivity index (χ4v) is 6.05. The maximum Gasteiger partial charge on any atom is 0.228 e. The molecule has 2 aromatic carbocycles. The second-order valence-electron chi connectivity index (χ2n) is 10.8. The first kappa shape index (κ1) is 24.0. The summed E-state index contributed by atoms with van der Waals surface area (Å²) in [5, 5.41) is 3.18. The van der Waals surface area contributed by atoms with E-state index in [0.717, 1.165) is 44.6 Å². The Hall–Kier alpha value is -2.70. The van der Waals surface area contributed by atoms with Crippen molar-refractivity contribution in [1.82, 2.24) is 14.7 Å². The Bertz CT molecular complexity index is 1050. The Balaban J connectivity index is 1.30. The number of nitrogens with one attached hydrogen (secondary N) is 1. The molecule has 5 rings (SSSR count). The topological polar surface area (TPSA) is 55.9 Å². The number of aryl methyl sites for hydroxylation is 2. The van der Waals surface area contributed by atoms with Crippen molar-refractivity contribution < 1.29 is 9.59 Å². The maximum atomic E-state index is 13.6. The molecule has 6 heteroatoms. The zero-order chi connectivity index (χ0) is 24.4. The molecule has 0 unspecified atom stereocenters. The smallest absolute Gasteiger partial charge is 0.228 e. The summed E-state index contributed by atoms with van der Waals surface area (Å²) in [6.07, 6.45) is 5.05. The van der Waals surface area contributed by atoms with Gasteiger partial charge in [0.2, 0.25) is 11.8 Å². The second-order valence-corrected chi connectivity index (χ2v) is 10.8. The van der Waals surface area contributed by atoms with Gasteiger partial charge >= 0.3 is 0 Å². The third-order valence-corrected chi connectivity index (χ3v) is 8.07. The van der Waals surface area contributed by atoms with Gasteiger partial charge in [-0.2, -0.15) is 0 Å². The molecule has 1 aliphatic carbocycles. The molecule has 0 saturated carbocycles. The number of likely N-dealkylation sites (tertiary alicyclic amines) is 2. The Morgan fingerprint density at radius 3 is 2.51 bits per heavy atom. The molecular weight excluding hydrogens is 436 g/mol. The SMILES string of the molecule is CN(C)[C@H]1CCN(C(=O)[C@H]2C[C@@H](C(=O)Nc3ccc4c(c3)CCC4)CN(Cc3ccccc3)C2)C1. The zero-order valence-electron chi connectivity index (χ0n) is 21.1. The van der Waals surface area contributed by atoms with Crippen molar-refractivity contribution in [1.29, 1.82) is 0 Å². The van der Waals surface area contributed by atoms with Gasteiger partial charge in [0.1, 0.15) is 0 Å². The van der Waals surface area contributed by atoms with Crippen LogP contribution in [0.15, 0.2) is 48.5 Å². The Morgan fingerprint density at radius 1 is 0.971 bits per heavy atom. The number of benzene rings is 2. The molecule has 0 spiro atoms. The van der Waals surface area contributed by atoms with Gasteiger partial charge in [-0.1, -0.05) is 36.4 Å². The van der Waals surface area contributed by atoms with Crippen LogP contribution in [-0.2, 0) is 29.0 Å². The van der Waals surface area contributed by atoms with Gasteiger partial charge in [0, 0.05) is 44.5 Å². The largest absolute Gasteiger partial charge is 0.341 e. The van der Waals surface area contributed by atoms with Gasteiger partial charge in [-0.25, -0.2) is 0 Å². The quantitative estimate of drug-likeness (QED) is 0.697. The molecule has 0 radical (unpaired) electrons. The number of rotatable bonds is 6. The molecule has 0 bridgehead atoms. The first-order valence-corrected chi connectivity index (χ1v) is 13.1. The summed E-state index contributed by atoms with van der Waals surface area (Å²) in [7, 11) is 4.17. The van der Waals surface area contributed by atoms with E-state index in [0.29, 0.717) is 25.6 Å². The first-order chi connectivity index (χ1) is 17.0. The fraction of sp³-hybridized carbons (Fsp3) is 0.517. The minimum Gasteiger partial charge on any atom is -0.341 e. The molecule has 186 valence electrons. The van der Waals surface area contributed by atoms with Crippen LogP contribution in [-0.4, -0.2) is 72.8 Å². The molecular formula is C29H38N4O2. The number of likely N-dealkylation sites (N-methyl/N-ethyl adjacent to an activating group) is 1. The molecule has 2 aromatic rings. The number of piperidine rings is 1. The summed E-state index contributed by atoms with van der Waals surface area (Å²) in [5.41, 5.74) is 4.86. The normalized spacial score (nSPS) is 24.5. The lowest BCUT2D eigenvalue weighted by atomic mass is 9.87. The van der Waals surface area contributed by atoms with E-state index < -0.39 is 0 Å². The monoisotopic (exact) mass is 474 g/mol. The standard InChI is InChI=1S/C29H38N4O2/c1-31(2)27-13-14-33(20-27)29(35)25-15-24(18-32(19-25)17-21-7-4-3-5-8-21)28(34)30-26-12-11-22-9-6-10-23(22)16-26/h3-5,7-8,11-12,16,24-25,27H,6,9-10,13-15,17-20H2,1-2H3,(H,30,34)/t24-,25+,27+/m1/s1. The van der Waals surface area contributed by atoms with Gasteiger partial charge in [0.05, 0.1) is 11.8 Å². The maximum absolute atomic E-state index is 13.6. The number of carbonyl (C=O) groups excluding carboxylic acids is 2. The molecule has 35 heavy (non-hydrogen) atoms. The van der Waals surface area contributed by atoms with E-state index in [2.05, 4.69) is 53.5 Å². The highest BCUT2D eigenvalue weighted by Crippen LogP contribution is 2.29. The highest BCUT2D eigenvalue weighted by molar-refractivity contribution is 5.93. The van der Waals surface area contributed by atoms with Gasteiger partial charge in [-0.3, -0.25) is 14.5 Å². The van der Waals surface area contributed by atoms with E-state index in [1.165, 1.54) is 23.1 Å². The number of amides is 2. The lowest BCUT2D eigenvalue weighted by Gasteiger charge is -2.38. The van der Waals surface area contributed by atoms with Crippen LogP contribution in [0.2, 0.25) is 0 Å². The molecule has 3 aliphatic rings. The van der Waals surface area contributed by atoms with Gasteiger partial charge in [-0.05, 0) is 75.0 Å². The Kier molecular flexibility index (Phi) is 7.21. The molecule has 2 amide bonds. The Morgan fingerprint density at radius 2 is 1.74 bits per heavy atom. The van der Waals surface area contributed by atoms with Crippen LogP contribution in [0.25, 0.3) is 0 Å². The van der Waals surface area contributed by atoms with Crippen LogP contribution in [0.4, 0.5) is 5.69 Å². The number of nitrogens with zero attached hydrogens (tertiary/aromatic N) is 3. The van der Waals surface area contributed by atoms with Crippen molar-refractivity contribution in [3.05, 3.63) is 65.2 Å². The minimum absolute atomic E-state index is 0.0334. The predicted octanol–water partition coefficient (Wildman–Crippen LogP) is 3.41. The molecule has 1 N–H and O–H groups in total.